The Hall–Kier alpha value is -2.55. The number of hydrogen-bond acceptors (Lipinski definition) is 5. The lowest BCUT2D eigenvalue weighted by molar-refractivity contribution is -0.0500. The number of halogens is 3. The van der Waals surface area contributed by atoms with Gasteiger partial charge in [0.05, 0.1) is 5.39 Å². The molecule has 2 aromatic carbocycles. The number of rotatable bonds is 2. The largest absolute Gasteiger partial charge is 0.534 e. The normalized spacial score (nSPS) is 12.7. The molecule has 0 aliphatic rings. The van der Waals surface area contributed by atoms with Crippen LogP contribution in [0.2, 0.25) is 0 Å². The number of alkyl halides is 3. The van der Waals surface area contributed by atoms with Crippen molar-refractivity contribution in [3.63, 3.8) is 0 Å². The molecule has 1 heterocycles. The first-order chi connectivity index (χ1) is 10.7. The third kappa shape index (κ3) is 2.63. The van der Waals surface area contributed by atoms with Crippen LogP contribution in [-0.2, 0) is 10.1 Å². The second-order valence-electron chi connectivity index (χ2n) is 4.58. The van der Waals surface area contributed by atoms with Crippen LogP contribution in [0.4, 0.5) is 13.2 Å². The van der Waals surface area contributed by atoms with Crippen molar-refractivity contribution in [1.82, 2.24) is 0 Å². The predicted molar refractivity (Wildman–Crippen MR) is 75.6 cm³/mol. The van der Waals surface area contributed by atoms with Crippen LogP contribution in [0.15, 0.2) is 51.7 Å². The molecule has 0 atom stereocenters. The van der Waals surface area contributed by atoms with Crippen LogP contribution in [0, 0.1) is 0 Å². The zero-order chi connectivity index (χ0) is 16.8. The molecular weight excluding hydrogens is 337 g/mol. The van der Waals surface area contributed by atoms with Crippen LogP contribution < -0.4 is 9.81 Å². The molecule has 1 aromatic heterocycles. The fraction of sp³-hybridized carbons (Fsp3) is 0.0714. The first-order valence-corrected chi connectivity index (χ1v) is 7.56. The Morgan fingerprint density at radius 3 is 2.26 bits per heavy atom. The minimum absolute atomic E-state index is 0.0800. The second kappa shape index (κ2) is 4.98. The average Bonchev–Trinajstić information content (AvgIpc) is 2.46. The average molecular weight is 344 g/mol. The van der Waals surface area contributed by atoms with Gasteiger partial charge in [-0.25, -0.2) is 4.79 Å². The molecule has 5 nitrogen and oxygen atoms in total. The summed E-state index contributed by atoms with van der Waals surface area (Å²) in [4.78, 5) is 11.8. The Balaban J connectivity index is 2.18. The van der Waals surface area contributed by atoms with Crippen molar-refractivity contribution in [3.8, 4) is 5.75 Å². The summed E-state index contributed by atoms with van der Waals surface area (Å²) in [6.07, 6.45) is 0. The van der Waals surface area contributed by atoms with E-state index >= 15 is 0 Å². The first kappa shape index (κ1) is 15.3. The van der Waals surface area contributed by atoms with Crippen molar-refractivity contribution in [2.75, 3.05) is 0 Å². The Morgan fingerprint density at radius 2 is 1.61 bits per heavy atom. The van der Waals surface area contributed by atoms with Gasteiger partial charge in [-0.2, -0.15) is 21.6 Å². The van der Waals surface area contributed by atoms with Crippen LogP contribution in [-0.4, -0.2) is 13.9 Å². The minimum atomic E-state index is -5.79. The van der Waals surface area contributed by atoms with Crippen molar-refractivity contribution in [1.29, 1.82) is 0 Å². The second-order valence-corrected chi connectivity index (χ2v) is 6.11. The summed E-state index contributed by atoms with van der Waals surface area (Å²) < 4.78 is 68.0. The van der Waals surface area contributed by atoms with E-state index in [2.05, 4.69) is 4.18 Å². The standard InChI is InChI=1S/C14H7F3O5S/c15-14(16,17)23(19,20)22-8-5-6-10-9-3-1-2-4-11(9)13(18)21-12(10)7-8/h1-7H. The first-order valence-electron chi connectivity index (χ1n) is 6.15. The van der Waals surface area contributed by atoms with Gasteiger partial charge in [-0.1, -0.05) is 18.2 Å². The molecule has 0 saturated heterocycles. The summed E-state index contributed by atoms with van der Waals surface area (Å²) in [6.45, 7) is 0. The molecule has 120 valence electrons. The van der Waals surface area contributed by atoms with Crippen LogP contribution in [0.1, 0.15) is 0 Å². The van der Waals surface area contributed by atoms with E-state index in [1.807, 2.05) is 0 Å². The highest BCUT2D eigenvalue weighted by Gasteiger charge is 2.48. The van der Waals surface area contributed by atoms with Crippen molar-refractivity contribution >= 4 is 31.9 Å². The van der Waals surface area contributed by atoms with E-state index < -0.39 is 27.0 Å². The summed E-state index contributed by atoms with van der Waals surface area (Å²) >= 11 is 0. The van der Waals surface area contributed by atoms with E-state index in [0.717, 1.165) is 12.1 Å². The molecule has 0 amide bonds. The van der Waals surface area contributed by atoms with Crippen LogP contribution >= 0.6 is 0 Å². The molecule has 0 bridgehead atoms. The summed E-state index contributed by atoms with van der Waals surface area (Å²) in [5.74, 6) is -0.603. The lowest BCUT2D eigenvalue weighted by Crippen LogP contribution is -2.28. The molecular formula is C14H7F3O5S. The maximum Gasteiger partial charge on any atom is 0.534 e. The number of fused-ring (bicyclic) bond motifs is 3. The molecule has 0 spiro atoms. The molecule has 0 radical (unpaired) electrons. The highest BCUT2D eigenvalue weighted by Crippen LogP contribution is 2.30. The number of benzene rings is 2. The molecule has 0 N–H and O–H groups in total. The summed E-state index contributed by atoms with van der Waals surface area (Å²) in [6, 6.07) is 9.80. The van der Waals surface area contributed by atoms with Gasteiger partial charge < -0.3 is 8.60 Å². The van der Waals surface area contributed by atoms with Gasteiger partial charge >= 0.3 is 21.3 Å². The molecule has 9 heteroatoms. The van der Waals surface area contributed by atoms with Crippen molar-refractivity contribution in [2.45, 2.75) is 5.51 Å². The van der Waals surface area contributed by atoms with E-state index in [9.17, 15) is 26.4 Å². The van der Waals surface area contributed by atoms with Gasteiger partial charge in [0.15, 0.2) is 0 Å². The van der Waals surface area contributed by atoms with Gasteiger partial charge in [0.1, 0.15) is 11.3 Å². The predicted octanol–water partition coefficient (Wildman–Crippen LogP) is 3.17. The Labute approximate surface area is 127 Å². The molecule has 23 heavy (non-hydrogen) atoms. The van der Waals surface area contributed by atoms with Crippen LogP contribution in [0.3, 0.4) is 0 Å². The van der Waals surface area contributed by atoms with E-state index in [1.165, 1.54) is 6.07 Å². The van der Waals surface area contributed by atoms with Gasteiger partial charge in [-0.05, 0) is 23.6 Å². The van der Waals surface area contributed by atoms with Crippen molar-refractivity contribution in [2.24, 2.45) is 0 Å². The third-order valence-corrected chi connectivity index (χ3v) is 4.06. The van der Waals surface area contributed by atoms with Gasteiger partial charge in [0.2, 0.25) is 0 Å². The van der Waals surface area contributed by atoms with E-state index in [-0.39, 0.29) is 5.58 Å². The van der Waals surface area contributed by atoms with Gasteiger partial charge in [0.25, 0.3) is 0 Å². The zero-order valence-electron chi connectivity index (χ0n) is 11.1. The smallest absolute Gasteiger partial charge is 0.422 e. The Morgan fingerprint density at radius 1 is 0.957 bits per heavy atom. The molecule has 0 aliphatic carbocycles. The molecule has 0 fully saturated rings. The van der Waals surface area contributed by atoms with Crippen LogP contribution in [0.5, 0.6) is 5.75 Å². The molecule has 3 rings (SSSR count). The molecule has 0 saturated carbocycles. The highest BCUT2D eigenvalue weighted by molar-refractivity contribution is 7.88. The zero-order valence-corrected chi connectivity index (χ0v) is 11.9. The Kier molecular flexibility index (Phi) is 3.33. The topological polar surface area (TPSA) is 73.6 Å². The molecule has 3 aromatic rings. The van der Waals surface area contributed by atoms with Gasteiger partial charge in [0, 0.05) is 11.5 Å². The van der Waals surface area contributed by atoms with Gasteiger partial charge in [-0.3, -0.25) is 0 Å². The van der Waals surface area contributed by atoms with Gasteiger partial charge in [-0.15, -0.1) is 0 Å². The van der Waals surface area contributed by atoms with Crippen molar-refractivity contribution < 1.29 is 30.2 Å². The summed E-state index contributed by atoms with van der Waals surface area (Å²) in [5, 5.41) is 1.28. The summed E-state index contributed by atoms with van der Waals surface area (Å²) in [5.41, 5.74) is -6.32. The van der Waals surface area contributed by atoms with E-state index in [1.54, 1.807) is 24.3 Å². The fourth-order valence-corrected chi connectivity index (χ4v) is 2.54. The lowest BCUT2D eigenvalue weighted by Gasteiger charge is -2.10. The number of hydrogen-bond donors (Lipinski definition) is 0. The SMILES string of the molecule is O=c1oc2cc(OS(=O)(=O)C(F)(F)F)ccc2c2ccccc12. The monoisotopic (exact) mass is 344 g/mol. The highest BCUT2D eigenvalue weighted by atomic mass is 32.2. The van der Waals surface area contributed by atoms with Crippen LogP contribution in [0.25, 0.3) is 21.7 Å². The Bertz CT molecular complexity index is 1070. The summed E-state index contributed by atoms with van der Waals surface area (Å²) in [7, 11) is -5.79. The van der Waals surface area contributed by atoms with Crippen molar-refractivity contribution in [3.05, 3.63) is 52.9 Å². The quantitative estimate of drug-likeness (QED) is 0.309. The minimum Gasteiger partial charge on any atom is -0.422 e. The lowest BCUT2D eigenvalue weighted by atomic mass is 10.1. The maximum atomic E-state index is 12.3. The fourth-order valence-electron chi connectivity index (χ4n) is 2.09. The third-order valence-electron chi connectivity index (χ3n) is 3.08. The van der Waals surface area contributed by atoms with E-state index in [4.69, 9.17) is 4.42 Å². The molecule has 0 aliphatic heterocycles. The maximum absolute atomic E-state index is 12.3. The van der Waals surface area contributed by atoms with E-state index in [0.29, 0.717) is 16.2 Å². The molecule has 0 unspecified atom stereocenters.